The van der Waals surface area contributed by atoms with E-state index in [-0.39, 0.29) is 31.9 Å². The van der Waals surface area contributed by atoms with Gasteiger partial charge in [0.1, 0.15) is 0 Å². The van der Waals surface area contributed by atoms with Gasteiger partial charge in [-0.2, -0.15) is 0 Å². The summed E-state index contributed by atoms with van der Waals surface area (Å²) in [5.74, 6) is -7.39. The van der Waals surface area contributed by atoms with Crippen molar-refractivity contribution >= 4 is 63.6 Å². The SMILES string of the molecule is COC(=O)c1cc(F)c(OC)cc1Cl.O=C(Cl)c1cc(F)c(F)cc1Cl.O=C(O)c1cc(F)c(F)cc1Cl. The van der Waals surface area contributed by atoms with Crippen LogP contribution in [0.3, 0.4) is 0 Å². The Balaban J connectivity index is 0.000000286. The Morgan fingerprint density at radius 3 is 1.47 bits per heavy atom. The molecule has 3 aromatic carbocycles. The summed E-state index contributed by atoms with van der Waals surface area (Å²) >= 11 is 21.4. The minimum absolute atomic E-state index is 0.0114. The maximum absolute atomic E-state index is 13.1. The van der Waals surface area contributed by atoms with E-state index in [1.54, 1.807) is 0 Å². The second-order valence-electron chi connectivity index (χ2n) is 6.53. The smallest absolute Gasteiger partial charge is 0.339 e. The minimum Gasteiger partial charge on any atom is -0.494 e. The number of carboxylic acids is 1. The molecule has 1 N–H and O–H groups in total. The number of benzene rings is 3. The normalized spacial score (nSPS) is 9.87. The Morgan fingerprint density at radius 2 is 1.05 bits per heavy atom. The van der Waals surface area contributed by atoms with Gasteiger partial charge in [0.2, 0.25) is 0 Å². The van der Waals surface area contributed by atoms with Gasteiger partial charge in [0, 0.05) is 6.07 Å². The van der Waals surface area contributed by atoms with Crippen LogP contribution in [0.1, 0.15) is 31.1 Å². The lowest BCUT2D eigenvalue weighted by Gasteiger charge is -2.06. The third-order valence-corrected chi connectivity index (χ3v) is 5.25. The van der Waals surface area contributed by atoms with Gasteiger partial charge in [0.25, 0.3) is 5.24 Å². The Morgan fingerprint density at radius 1 is 0.658 bits per heavy atom. The van der Waals surface area contributed by atoms with Crippen molar-refractivity contribution in [1.29, 1.82) is 0 Å². The van der Waals surface area contributed by atoms with Crippen molar-refractivity contribution in [2.24, 2.45) is 0 Å². The molecule has 38 heavy (non-hydrogen) atoms. The first kappa shape index (κ1) is 32.9. The molecule has 3 rings (SSSR count). The fraction of sp³-hybridized carbons (Fsp3) is 0.0870. The number of hydrogen-bond acceptors (Lipinski definition) is 5. The molecule has 0 aliphatic carbocycles. The van der Waals surface area contributed by atoms with Gasteiger partial charge in [0.05, 0.1) is 46.0 Å². The van der Waals surface area contributed by atoms with Crippen molar-refractivity contribution in [2.75, 3.05) is 14.2 Å². The van der Waals surface area contributed by atoms with Gasteiger partial charge in [0.15, 0.2) is 34.8 Å². The average molecular weight is 622 g/mol. The molecule has 0 unspecified atom stereocenters. The highest BCUT2D eigenvalue weighted by atomic mass is 35.5. The predicted octanol–water partition coefficient (Wildman–Crippen LogP) is 7.59. The van der Waals surface area contributed by atoms with Crippen molar-refractivity contribution in [2.45, 2.75) is 0 Å². The van der Waals surface area contributed by atoms with Crippen LogP contribution < -0.4 is 4.74 Å². The van der Waals surface area contributed by atoms with Crippen LogP contribution in [0.2, 0.25) is 15.1 Å². The quantitative estimate of drug-likeness (QED) is 0.140. The second-order valence-corrected chi connectivity index (χ2v) is 8.09. The van der Waals surface area contributed by atoms with E-state index in [1.807, 2.05) is 0 Å². The molecular formula is C23H13Cl4F5O6. The van der Waals surface area contributed by atoms with Crippen molar-refractivity contribution in [3.05, 3.63) is 97.2 Å². The fourth-order valence-corrected chi connectivity index (χ4v) is 3.21. The molecule has 6 nitrogen and oxygen atoms in total. The summed E-state index contributed by atoms with van der Waals surface area (Å²) in [4.78, 5) is 31.9. The Bertz CT molecular complexity index is 1300. The molecule has 0 bridgehead atoms. The van der Waals surface area contributed by atoms with Crippen LogP contribution in [0.4, 0.5) is 22.0 Å². The first-order valence-corrected chi connectivity index (χ1v) is 11.0. The number of carbonyl (C=O) groups is 3. The number of aromatic carboxylic acids is 1. The molecule has 0 saturated heterocycles. The summed E-state index contributed by atoms with van der Waals surface area (Å²) in [6.07, 6.45) is 0. The molecular weight excluding hydrogens is 609 g/mol. The van der Waals surface area contributed by atoms with E-state index in [0.717, 1.165) is 6.07 Å². The predicted molar refractivity (Wildman–Crippen MR) is 129 cm³/mol. The Hall–Kier alpha value is -3.12. The van der Waals surface area contributed by atoms with E-state index in [9.17, 15) is 36.3 Å². The Kier molecular flexibility index (Phi) is 12.7. The first-order chi connectivity index (χ1) is 17.6. The van der Waals surface area contributed by atoms with Gasteiger partial charge < -0.3 is 14.6 Å². The van der Waals surface area contributed by atoms with Crippen LogP contribution in [0, 0.1) is 29.1 Å². The maximum atomic E-state index is 13.1. The van der Waals surface area contributed by atoms with Crippen molar-refractivity contribution in [1.82, 2.24) is 0 Å². The van der Waals surface area contributed by atoms with E-state index in [2.05, 4.69) is 9.47 Å². The first-order valence-electron chi connectivity index (χ1n) is 9.48. The van der Waals surface area contributed by atoms with Gasteiger partial charge in [-0.1, -0.05) is 34.8 Å². The molecule has 0 aromatic heterocycles. The third kappa shape index (κ3) is 9.02. The number of ether oxygens (including phenoxy) is 2. The molecule has 3 aromatic rings. The molecule has 0 spiro atoms. The molecule has 0 radical (unpaired) electrons. The van der Waals surface area contributed by atoms with Crippen molar-refractivity contribution < 1.29 is 50.9 Å². The van der Waals surface area contributed by atoms with Crippen molar-refractivity contribution in [3.63, 3.8) is 0 Å². The summed E-state index contributed by atoms with van der Waals surface area (Å²) < 4.78 is 71.9. The summed E-state index contributed by atoms with van der Waals surface area (Å²) in [7, 11) is 2.51. The summed E-state index contributed by atoms with van der Waals surface area (Å²) in [5.41, 5.74) is -0.708. The second kappa shape index (κ2) is 14.7. The van der Waals surface area contributed by atoms with E-state index in [4.69, 9.17) is 51.5 Å². The van der Waals surface area contributed by atoms with Crippen molar-refractivity contribution in [3.8, 4) is 5.75 Å². The molecule has 0 heterocycles. The molecule has 0 aliphatic rings. The lowest BCUT2D eigenvalue weighted by Crippen LogP contribution is -2.03. The van der Waals surface area contributed by atoms with Gasteiger partial charge in [-0.25, -0.2) is 31.5 Å². The highest BCUT2D eigenvalue weighted by molar-refractivity contribution is 6.68. The largest absolute Gasteiger partial charge is 0.494 e. The molecule has 0 amide bonds. The Labute approximate surface area is 231 Å². The number of methoxy groups -OCH3 is 2. The molecule has 0 atom stereocenters. The van der Waals surface area contributed by atoms with Gasteiger partial charge in [-0.15, -0.1) is 0 Å². The highest BCUT2D eigenvalue weighted by Crippen LogP contribution is 2.26. The van der Waals surface area contributed by atoms with Crippen LogP contribution in [0.15, 0.2) is 36.4 Å². The number of hydrogen-bond donors (Lipinski definition) is 1. The maximum Gasteiger partial charge on any atom is 0.339 e. The summed E-state index contributed by atoms with van der Waals surface area (Å²) in [6.45, 7) is 0. The minimum atomic E-state index is -1.39. The number of rotatable bonds is 4. The standard InChI is InChI=1S/C9H8ClFO3.C7H2Cl2F2O.C7H3ClF2O2/c1-13-8-4-6(10)5(3-7(8)11)9(12)14-2;8-4-2-6(11)5(10)1-3(4)7(9)12;8-4-2-6(10)5(9)1-3(4)7(11)12/h3-4H,1-2H3;1-2H;1-2H,(H,11,12). The molecule has 15 heteroatoms. The molecule has 0 fully saturated rings. The number of halogens is 9. The third-order valence-electron chi connectivity index (χ3n) is 4.11. The van der Waals surface area contributed by atoms with E-state index < -0.39 is 51.8 Å². The number of esters is 1. The topological polar surface area (TPSA) is 89.9 Å². The van der Waals surface area contributed by atoms with Gasteiger partial charge >= 0.3 is 11.9 Å². The van der Waals surface area contributed by atoms with E-state index in [0.29, 0.717) is 24.3 Å². The van der Waals surface area contributed by atoms with Crippen LogP contribution in [-0.4, -0.2) is 36.5 Å². The zero-order chi connectivity index (χ0) is 29.3. The molecule has 0 aliphatic heterocycles. The van der Waals surface area contributed by atoms with E-state index in [1.165, 1.54) is 20.3 Å². The monoisotopic (exact) mass is 620 g/mol. The lowest BCUT2D eigenvalue weighted by molar-refractivity contribution is 0.0599. The summed E-state index contributed by atoms with van der Waals surface area (Å²) in [5, 5.41) is 7.06. The zero-order valence-corrected chi connectivity index (χ0v) is 21.9. The number of carboxylic acid groups (broad SMARTS) is 1. The van der Waals surface area contributed by atoms with Crippen LogP contribution >= 0.6 is 46.4 Å². The highest BCUT2D eigenvalue weighted by Gasteiger charge is 2.16. The molecule has 204 valence electrons. The molecule has 0 saturated carbocycles. The van der Waals surface area contributed by atoms with Crippen LogP contribution in [-0.2, 0) is 4.74 Å². The van der Waals surface area contributed by atoms with Crippen LogP contribution in [0.5, 0.6) is 5.75 Å². The average Bonchev–Trinajstić information content (AvgIpc) is 2.84. The number of carbonyl (C=O) groups excluding carboxylic acids is 2. The van der Waals surface area contributed by atoms with Crippen LogP contribution in [0.25, 0.3) is 0 Å². The van der Waals surface area contributed by atoms with E-state index >= 15 is 0 Å². The van der Waals surface area contributed by atoms with Gasteiger partial charge in [-0.05, 0) is 41.9 Å². The fourth-order valence-electron chi connectivity index (χ4n) is 2.31. The summed E-state index contributed by atoms with van der Waals surface area (Å²) in [6, 6.07) is 4.73. The zero-order valence-electron chi connectivity index (χ0n) is 18.9. The van der Waals surface area contributed by atoms with Gasteiger partial charge in [-0.3, -0.25) is 4.79 Å². The lowest BCUT2D eigenvalue weighted by atomic mass is 10.2.